The molecule has 0 spiro atoms. The Kier molecular flexibility index (Phi) is 5.05. The van der Waals surface area contributed by atoms with Gasteiger partial charge in [-0.1, -0.05) is 19.8 Å². The zero-order chi connectivity index (χ0) is 14.6. The van der Waals surface area contributed by atoms with Crippen LogP contribution in [0.15, 0.2) is 17.0 Å². The van der Waals surface area contributed by atoms with Crippen LogP contribution in [0.25, 0.3) is 0 Å². The Morgan fingerprint density at radius 3 is 2.47 bits per heavy atom. The first-order chi connectivity index (χ1) is 8.79. The molecule has 6 heteroatoms. The monoisotopic (exact) mass is 288 g/mol. The Hall–Kier alpha value is -1.43. The molecule has 0 unspecified atom stereocenters. The molecule has 0 saturated carbocycles. The number of unbranched alkanes of at least 4 members (excludes halogenated alkanes) is 2. The minimum atomic E-state index is -3.65. The molecular weight excluding hydrogens is 271 g/mol. The van der Waals surface area contributed by atoms with Gasteiger partial charge in [0.05, 0.1) is 16.2 Å². The molecule has 19 heavy (non-hydrogen) atoms. The fourth-order valence-electron chi connectivity index (χ4n) is 1.75. The number of hydrogen-bond donors (Lipinski definition) is 1. The number of rotatable bonds is 6. The Morgan fingerprint density at radius 2 is 1.95 bits per heavy atom. The molecule has 0 saturated heterocycles. The van der Waals surface area contributed by atoms with Gasteiger partial charge >= 0.3 is 5.97 Å². The molecule has 4 nitrogen and oxygen atoms in total. The summed E-state index contributed by atoms with van der Waals surface area (Å²) in [4.78, 5) is 10.6. The highest BCUT2D eigenvalue weighted by molar-refractivity contribution is 7.91. The van der Waals surface area contributed by atoms with Crippen molar-refractivity contribution in [2.45, 2.75) is 38.0 Å². The standard InChI is InChI=1S/C13H17FO4S/c1-3-4-5-6-19(17,18)12-8-10(13(15)16)7-11(14)9(12)2/h7-8H,3-6H2,1-2H3,(H,15,16). The van der Waals surface area contributed by atoms with Crippen LogP contribution in [0.4, 0.5) is 4.39 Å². The maximum absolute atomic E-state index is 13.6. The number of halogens is 1. The highest BCUT2D eigenvalue weighted by Crippen LogP contribution is 2.22. The van der Waals surface area contributed by atoms with Crippen LogP contribution in [0, 0.1) is 12.7 Å². The lowest BCUT2D eigenvalue weighted by Gasteiger charge is -2.09. The van der Waals surface area contributed by atoms with Crippen LogP contribution in [0.2, 0.25) is 0 Å². The van der Waals surface area contributed by atoms with Gasteiger partial charge in [-0.3, -0.25) is 0 Å². The van der Waals surface area contributed by atoms with E-state index in [1.165, 1.54) is 6.92 Å². The summed E-state index contributed by atoms with van der Waals surface area (Å²) in [5, 5.41) is 8.84. The first-order valence-corrected chi connectivity index (χ1v) is 7.71. The summed E-state index contributed by atoms with van der Waals surface area (Å²) in [6.07, 6.45) is 2.12. The molecule has 0 atom stereocenters. The fourth-order valence-corrected chi connectivity index (χ4v) is 3.43. The van der Waals surface area contributed by atoms with Gasteiger partial charge in [0.25, 0.3) is 0 Å². The molecule has 106 valence electrons. The highest BCUT2D eigenvalue weighted by atomic mass is 32.2. The van der Waals surface area contributed by atoms with E-state index in [1.807, 2.05) is 6.92 Å². The van der Waals surface area contributed by atoms with E-state index in [2.05, 4.69) is 0 Å². The van der Waals surface area contributed by atoms with Gasteiger partial charge in [-0.2, -0.15) is 0 Å². The molecule has 0 aliphatic heterocycles. The molecule has 1 aromatic carbocycles. The van der Waals surface area contributed by atoms with Crippen molar-refractivity contribution in [3.8, 4) is 0 Å². The van der Waals surface area contributed by atoms with Gasteiger partial charge in [0, 0.05) is 5.56 Å². The lowest BCUT2D eigenvalue weighted by atomic mass is 10.1. The van der Waals surface area contributed by atoms with Crippen LogP contribution in [0.1, 0.15) is 42.1 Å². The van der Waals surface area contributed by atoms with Crippen molar-refractivity contribution in [3.05, 3.63) is 29.1 Å². The van der Waals surface area contributed by atoms with Gasteiger partial charge in [-0.15, -0.1) is 0 Å². The predicted molar refractivity (Wildman–Crippen MR) is 69.7 cm³/mol. The van der Waals surface area contributed by atoms with Crippen LogP contribution >= 0.6 is 0 Å². The van der Waals surface area contributed by atoms with E-state index in [0.29, 0.717) is 6.42 Å². The molecule has 0 aromatic heterocycles. The van der Waals surface area contributed by atoms with E-state index in [0.717, 1.165) is 25.0 Å². The number of hydrogen-bond acceptors (Lipinski definition) is 3. The van der Waals surface area contributed by atoms with Gasteiger partial charge in [0.15, 0.2) is 9.84 Å². The number of benzene rings is 1. The zero-order valence-electron chi connectivity index (χ0n) is 10.9. The Bertz CT molecular complexity index is 579. The molecule has 1 N–H and O–H groups in total. The van der Waals surface area contributed by atoms with E-state index in [9.17, 15) is 17.6 Å². The zero-order valence-corrected chi connectivity index (χ0v) is 11.8. The number of carbonyl (C=O) groups is 1. The molecule has 1 rings (SSSR count). The Labute approximate surface area is 112 Å². The first-order valence-electron chi connectivity index (χ1n) is 6.05. The Morgan fingerprint density at radius 1 is 1.32 bits per heavy atom. The molecular formula is C13H17FO4S. The van der Waals surface area contributed by atoms with Gasteiger partial charge in [-0.05, 0) is 25.5 Å². The van der Waals surface area contributed by atoms with E-state index < -0.39 is 21.6 Å². The summed E-state index contributed by atoms with van der Waals surface area (Å²) in [6, 6.07) is 1.87. The first kappa shape index (κ1) is 15.6. The summed E-state index contributed by atoms with van der Waals surface area (Å²) in [7, 11) is -3.65. The van der Waals surface area contributed by atoms with E-state index in [4.69, 9.17) is 5.11 Å². The van der Waals surface area contributed by atoms with Crippen molar-refractivity contribution < 1.29 is 22.7 Å². The number of sulfone groups is 1. The minimum absolute atomic E-state index is 0.0264. The smallest absolute Gasteiger partial charge is 0.335 e. The van der Waals surface area contributed by atoms with Crippen molar-refractivity contribution in [2.24, 2.45) is 0 Å². The molecule has 0 bridgehead atoms. The second-order valence-corrected chi connectivity index (χ2v) is 6.49. The predicted octanol–water partition coefficient (Wildman–Crippen LogP) is 2.80. The molecule has 1 aromatic rings. The van der Waals surface area contributed by atoms with Gasteiger partial charge < -0.3 is 5.11 Å². The molecule has 0 radical (unpaired) electrons. The third-order valence-corrected chi connectivity index (χ3v) is 4.82. The summed E-state index contributed by atoms with van der Waals surface area (Å²) in [5.41, 5.74) is -0.376. The quantitative estimate of drug-likeness (QED) is 0.817. The second kappa shape index (κ2) is 6.14. The molecule has 0 fully saturated rings. The van der Waals surface area contributed by atoms with Crippen LogP contribution in [0.5, 0.6) is 0 Å². The molecule has 0 aliphatic rings. The number of carboxylic acids is 1. The second-order valence-electron chi connectivity index (χ2n) is 4.41. The van der Waals surface area contributed by atoms with E-state index in [1.54, 1.807) is 0 Å². The van der Waals surface area contributed by atoms with Gasteiger partial charge in [-0.25, -0.2) is 17.6 Å². The summed E-state index contributed by atoms with van der Waals surface area (Å²) in [5.74, 6) is -2.25. The fraction of sp³-hybridized carbons (Fsp3) is 0.462. The average Bonchev–Trinajstić information content (AvgIpc) is 2.32. The number of aromatic carboxylic acids is 1. The molecule has 0 amide bonds. The third kappa shape index (κ3) is 3.76. The van der Waals surface area contributed by atoms with Crippen molar-refractivity contribution in [3.63, 3.8) is 0 Å². The normalized spacial score (nSPS) is 11.5. The topological polar surface area (TPSA) is 71.4 Å². The van der Waals surface area contributed by atoms with Crippen LogP contribution in [0.3, 0.4) is 0 Å². The summed E-state index contributed by atoms with van der Waals surface area (Å²) < 4.78 is 37.8. The van der Waals surface area contributed by atoms with Gasteiger partial charge in [0.1, 0.15) is 5.82 Å². The molecule has 0 heterocycles. The maximum atomic E-state index is 13.6. The van der Waals surface area contributed by atoms with Crippen molar-refractivity contribution in [1.29, 1.82) is 0 Å². The van der Waals surface area contributed by atoms with Crippen LogP contribution in [-0.4, -0.2) is 25.2 Å². The van der Waals surface area contributed by atoms with Crippen LogP contribution in [-0.2, 0) is 9.84 Å². The van der Waals surface area contributed by atoms with E-state index in [-0.39, 0.29) is 21.8 Å². The van der Waals surface area contributed by atoms with Crippen molar-refractivity contribution in [2.75, 3.05) is 5.75 Å². The third-order valence-electron chi connectivity index (χ3n) is 2.90. The Balaban J connectivity index is 3.21. The SMILES string of the molecule is CCCCCS(=O)(=O)c1cc(C(=O)O)cc(F)c1C. The largest absolute Gasteiger partial charge is 0.478 e. The molecule has 0 aliphatic carbocycles. The minimum Gasteiger partial charge on any atom is -0.478 e. The lowest BCUT2D eigenvalue weighted by molar-refractivity contribution is 0.0696. The maximum Gasteiger partial charge on any atom is 0.335 e. The van der Waals surface area contributed by atoms with Crippen molar-refractivity contribution >= 4 is 15.8 Å². The average molecular weight is 288 g/mol. The highest BCUT2D eigenvalue weighted by Gasteiger charge is 2.21. The van der Waals surface area contributed by atoms with E-state index >= 15 is 0 Å². The lowest BCUT2D eigenvalue weighted by Crippen LogP contribution is -2.11. The van der Waals surface area contributed by atoms with Crippen molar-refractivity contribution in [1.82, 2.24) is 0 Å². The summed E-state index contributed by atoms with van der Waals surface area (Å²) in [6.45, 7) is 3.29. The van der Waals surface area contributed by atoms with Gasteiger partial charge in [0.2, 0.25) is 0 Å². The van der Waals surface area contributed by atoms with Crippen LogP contribution < -0.4 is 0 Å². The number of carboxylic acid groups (broad SMARTS) is 1. The summed E-state index contributed by atoms with van der Waals surface area (Å²) >= 11 is 0.